The molecule has 1 N–H and O–H groups in total. The number of aromatic nitrogens is 2. The van der Waals surface area contributed by atoms with Crippen LogP contribution in [0.1, 0.15) is 33.6 Å². The van der Waals surface area contributed by atoms with Gasteiger partial charge in [-0.05, 0) is 62.9 Å². The molecule has 0 bridgehead atoms. The summed E-state index contributed by atoms with van der Waals surface area (Å²) in [5.74, 6) is 3.22. The molecule has 0 aliphatic carbocycles. The Morgan fingerprint density at radius 2 is 2.00 bits per heavy atom. The van der Waals surface area contributed by atoms with E-state index in [2.05, 4.69) is 27.1 Å². The second kappa shape index (κ2) is 7.51. The molecule has 0 saturated carbocycles. The summed E-state index contributed by atoms with van der Waals surface area (Å²) < 4.78 is 5.66. The van der Waals surface area contributed by atoms with Gasteiger partial charge in [-0.3, -0.25) is 0 Å². The van der Waals surface area contributed by atoms with Crippen molar-refractivity contribution in [2.45, 2.75) is 39.7 Å². The number of anilines is 3. The van der Waals surface area contributed by atoms with E-state index in [1.54, 1.807) is 0 Å². The van der Waals surface area contributed by atoms with Crippen LogP contribution in [0.5, 0.6) is 5.75 Å². The van der Waals surface area contributed by atoms with Crippen LogP contribution in [0.25, 0.3) is 0 Å². The molecule has 0 amide bonds. The molecule has 0 spiro atoms. The summed E-state index contributed by atoms with van der Waals surface area (Å²) in [6.45, 7) is 8.48. The third kappa shape index (κ3) is 4.37. The van der Waals surface area contributed by atoms with Gasteiger partial charge in [0.1, 0.15) is 11.6 Å². The molecule has 128 valence electrons. The lowest BCUT2D eigenvalue weighted by Crippen LogP contribution is -2.34. The molecular formula is C19H26N4O. The van der Waals surface area contributed by atoms with Crippen LogP contribution >= 0.6 is 0 Å². The van der Waals surface area contributed by atoms with Gasteiger partial charge in [0.15, 0.2) is 0 Å². The molecule has 24 heavy (non-hydrogen) atoms. The van der Waals surface area contributed by atoms with Gasteiger partial charge in [-0.15, -0.1) is 0 Å². The first kappa shape index (κ1) is 16.6. The molecule has 1 aromatic carbocycles. The molecule has 1 saturated heterocycles. The van der Waals surface area contributed by atoms with Gasteiger partial charge >= 0.3 is 0 Å². The number of piperidine rings is 1. The van der Waals surface area contributed by atoms with E-state index >= 15 is 0 Å². The van der Waals surface area contributed by atoms with E-state index in [-0.39, 0.29) is 6.10 Å². The molecular weight excluding hydrogens is 300 g/mol. The average molecular weight is 326 g/mol. The van der Waals surface area contributed by atoms with Gasteiger partial charge in [0.25, 0.3) is 0 Å². The smallest absolute Gasteiger partial charge is 0.229 e. The molecule has 1 aliphatic rings. The van der Waals surface area contributed by atoms with E-state index in [4.69, 9.17) is 4.74 Å². The van der Waals surface area contributed by atoms with E-state index in [9.17, 15) is 0 Å². The second-order valence-electron chi connectivity index (χ2n) is 6.75. The average Bonchev–Trinajstić information content (AvgIpc) is 2.56. The van der Waals surface area contributed by atoms with Crippen LogP contribution in [0.2, 0.25) is 0 Å². The number of nitrogens with zero attached hydrogens (tertiary/aromatic N) is 3. The fourth-order valence-corrected chi connectivity index (χ4v) is 3.00. The van der Waals surface area contributed by atoms with Crippen molar-refractivity contribution in [3.05, 3.63) is 36.5 Å². The minimum absolute atomic E-state index is 0.177. The summed E-state index contributed by atoms with van der Waals surface area (Å²) in [7, 11) is 0. The topological polar surface area (TPSA) is 50.3 Å². The SMILES string of the molecule is CC1CCCN(c2ccnc(Nc3ccc(OC(C)C)cc3)n2)C1. The highest BCUT2D eigenvalue weighted by Crippen LogP contribution is 2.23. The third-order valence-electron chi connectivity index (χ3n) is 4.10. The van der Waals surface area contributed by atoms with Crippen molar-refractivity contribution in [1.82, 2.24) is 9.97 Å². The van der Waals surface area contributed by atoms with E-state index in [0.29, 0.717) is 5.95 Å². The van der Waals surface area contributed by atoms with E-state index < -0.39 is 0 Å². The zero-order valence-corrected chi connectivity index (χ0v) is 14.7. The van der Waals surface area contributed by atoms with Crippen molar-refractivity contribution in [2.24, 2.45) is 5.92 Å². The summed E-state index contributed by atoms with van der Waals surface area (Å²) >= 11 is 0. The van der Waals surface area contributed by atoms with E-state index in [1.807, 2.05) is 50.4 Å². The molecule has 1 aromatic heterocycles. The molecule has 1 aliphatic heterocycles. The first-order valence-corrected chi connectivity index (χ1v) is 8.72. The zero-order valence-electron chi connectivity index (χ0n) is 14.7. The Kier molecular flexibility index (Phi) is 5.18. The van der Waals surface area contributed by atoms with Crippen molar-refractivity contribution in [3.8, 4) is 5.75 Å². The Hall–Kier alpha value is -2.30. The van der Waals surface area contributed by atoms with Gasteiger partial charge in [-0.1, -0.05) is 6.92 Å². The molecule has 1 atom stereocenters. The monoisotopic (exact) mass is 326 g/mol. The minimum atomic E-state index is 0.177. The zero-order chi connectivity index (χ0) is 16.9. The second-order valence-corrected chi connectivity index (χ2v) is 6.75. The maximum absolute atomic E-state index is 5.66. The Morgan fingerprint density at radius 3 is 2.71 bits per heavy atom. The third-order valence-corrected chi connectivity index (χ3v) is 4.10. The molecule has 1 fully saturated rings. The normalized spacial score (nSPS) is 17.8. The number of rotatable bonds is 5. The fraction of sp³-hybridized carbons (Fsp3) is 0.474. The first-order valence-electron chi connectivity index (χ1n) is 8.72. The van der Waals surface area contributed by atoms with Crippen molar-refractivity contribution in [2.75, 3.05) is 23.3 Å². The van der Waals surface area contributed by atoms with Crippen LogP contribution in [0.4, 0.5) is 17.5 Å². The van der Waals surface area contributed by atoms with E-state index in [0.717, 1.165) is 36.3 Å². The highest BCUT2D eigenvalue weighted by molar-refractivity contribution is 5.56. The van der Waals surface area contributed by atoms with Crippen LogP contribution in [0, 0.1) is 5.92 Å². The molecule has 3 rings (SSSR count). The Labute approximate surface area is 144 Å². The summed E-state index contributed by atoms with van der Waals surface area (Å²) in [4.78, 5) is 11.4. The largest absolute Gasteiger partial charge is 0.491 e. The summed E-state index contributed by atoms with van der Waals surface area (Å²) in [5, 5.41) is 3.27. The summed E-state index contributed by atoms with van der Waals surface area (Å²) in [6.07, 6.45) is 4.53. The van der Waals surface area contributed by atoms with Gasteiger partial charge in [-0.25, -0.2) is 4.98 Å². The van der Waals surface area contributed by atoms with Crippen molar-refractivity contribution in [1.29, 1.82) is 0 Å². The highest BCUT2D eigenvalue weighted by Gasteiger charge is 2.17. The molecule has 5 heteroatoms. The quantitative estimate of drug-likeness (QED) is 0.890. The van der Waals surface area contributed by atoms with Crippen LogP contribution in [0.3, 0.4) is 0 Å². The lowest BCUT2D eigenvalue weighted by atomic mass is 10.0. The van der Waals surface area contributed by atoms with Gasteiger partial charge in [0, 0.05) is 25.0 Å². The Balaban J connectivity index is 1.68. The van der Waals surface area contributed by atoms with Crippen LogP contribution < -0.4 is 15.0 Å². The lowest BCUT2D eigenvalue weighted by Gasteiger charge is -2.31. The van der Waals surface area contributed by atoms with Crippen molar-refractivity contribution >= 4 is 17.5 Å². The first-order chi connectivity index (χ1) is 11.6. The molecule has 1 unspecified atom stereocenters. The number of benzene rings is 1. The summed E-state index contributed by atoms with van der Waals surface area (Å²) in [5.41, 5.74) is 0.954. The lowest BCUT2D eigenvalue weighted by molar-refractivity contribution is 0.242. The van der Waals surface area contributed by atoms with Gasteiger partial charge in [0.05, 0.1) is 6.10 Å². The van der Waals surface area contributed by atoms with Gasteiger partial charge in [-0.2, -0.15) is 4.98 Å². The minimum Gasteiger partial charge on any atom is -0.491 e. The van der Waals surface area contributed by atoms with Gasteiger partial charge in [0.2, 0.25) is 5.95 Å². The van der Waals surface area contributed by atoms with Crippen LogP contribution in [-0.4, -0.2) is 29.2 Å². The standard InChI is InChI=1S/C19H26N4O/c1-14(2)24-17-8-6-16(7-9-17)21-19-20-11-10-18(22-19)23-12-4-5-15(3)13-23/h6-11,14-15H,4-5,12-13H2,1-3H3,(H,20,21,22). The number of ether oxygens (including phenoxy) is 1. The molecule has 2 aromatic rings. The number of hydrogen-bond acceptors (Lipinski definition) is 5. The summed E-state index contributed by atoms with van der Waals surface area (Å²) in [6, 6.07) is 9.87. The maximum atomic E-state index is 5.66. The van der Waals surface area contributed by atoms with Crippen LogP contribution in [-0.2, 0) is 0 Å². The van der Waals surface area contributed by atoms with E-state index in [1.165, 1.54) is 12.8 Å². The Bertz CT molecular complexity index is 657. The van der Waals surface area contributed by atoms with Crippen molar-refractivity contribution in [3.63, 3.8) is 0 Å². The maximum Gasteiger partial charge on any atom is 0.229 e. The predicted octanol–water partition coefficient (Wildman–Crippen LogP) is 4.24. The molecule has 0 radical (unpaired) electrons. The molecule has 5 nitrogen and oxygen atoms in total. The molecule has 2 heterocycles. The fourth-order valence-electron chi connectivity index (χ4n) is 3.00. The number of nitrogens with one attached hydrogen (secondary N) is 1. The van der Waals surface area contributed by atoms with Gasteiger partial charge < -0.3 is 15.0 Å². The predicted molar refractivity (Wildman–Crippen MR) is 98.1 cm³/mol. The Morgan fingerprint density at radius 1 is 1.21 bits per heavy atom. The van der Waals surface area contributed by atoms with Crippen molar-refractivity contribution < 1.29 is 4.74 Å². The number of hydrogen-bond donors (Lipinski definition) is 1. The highest BCUT2D eigenvalue weighted by atomic mass is 16.5. The van der Waals surface area contributed by atoms with Crippen LogP contribution in [0.15, 0.2) is 36.5 Å².